The van der Waals surface area contributed by atoms with Gasteiger partial charge in [-0.05, 0) is 53.9 Å². The van der Waals surface area contributed by atoms with Crippen LogP contribution in [0.15, 0.2) is 53.5 Å². The van der Waals surface area contributed by atoms with Crippen LogP contribution < -0.4 is 5.32 Å². The molecule has 2 heteroatoms. The molecule has 0 saturated heterocycles. The van der Waals surface area contributed by atoms with Crippen LogP contribution >= 0.6 is 0 Å². The largest absolute Gasteiger partial charge is 0.333 e. The zero-order valence-electron chi connectivity index (χ0n) is 18.3. The smallest absolute Gasteiger partial charge is 0.179 e. The number of hydrogen-bond acceptors (Lipinski definition) is 1. The summed E-state index contributed by atoms with van der Waals surface area (Å²) in [4.78, 5) is 5.08. The summed E-state index contributed by atoms with van der Waals surface area (Å²) in [6.07, 6.45) is 6.21. The molecule has 2 aromatic carbocycles. The predicted molar refractivity (Wildman–Crippen MR) is 126 cm³/mol. The molecular formula is C27H34N2. The van der Waals surface area contributed by atoms with Crippen LogP contribution in [0.25, 0.3) is 0 Å². The van der Waals surface area contributed by atoms with Gasteiger partial charge >= 0.3 is 0 Å². The zero-order chi connectivity index (χ0) is 20.6. The van der Waals surface area contributed by atoms with E-state index in [0.29, 0.717) is 17.9 Å². The highest BCUT2D eigenvalue weighted by molar-refractivity contribution is 6.09. The third-order valence-electron chi connectivity index (χ3n) is 5.60. The monoisotopic (exact) mass is 386 g/mol. The van der Waals surface area contributed by atoms with Crippen molar-refractivity contribution in [3.05, 3.63) is 65.2 Å². The summed E-state index contributed by atoms with van der Waals surface area (Å²) in [5.41, 5.74) is 4.87. The van der Waals surface area contributed by atoms with Gasteiger partial charge in [-0.2, -0.15) is 0 Å². The van der Waals surface area contributed by atoms with Gasteiger partial charge in [0.25, 0.3) is 0 Å². The molecule has 0 spiro atoms. The van der Waals surface area contributed by atoms with Crippen LogP contribution in [0.3, 0.4) is 0 Å². The summed E-state index contributed by atoms with van der Waals surface area (Å²) in [7, 11) is 0. The Morgan fingerprint density at radius 1 is 0.862 bits per heavy atom. The van der Waals surface area contributed by atoms with E-state index in [9.17, 15) is 0 Å². The number of benzene rings is 2. The molecule has 3 rings (SSSR count). The number of amidine groups is 1. The summed E-state index contributed by atoms with van der Waals surface area (Å²) < 4.78 is 0. The average Bonchev–Trinajstić information content (AvgIpc) is 2.73. The van der Waals surface area contributed by atoms with Crippen LogP contribution in [0.5, 0.6) is 0 Å². The maximum Gasteiger partial charge on any atom is 0.179 e. The van der Waals surface area contributed by atoms with Gasteiger partial charge in [-0.1, -0.05) is 89.3 Å². The summed E-state index contributed by atoms with van der Waals surface area (Å²) >= 11 is 0. The van der Waals surface area contributed by atoms with Gasteiger partial charge in [0.1, 0.15) is 0 Å². The van der Waals surface area contributed by atoms with Crippen LogP contribution in [-0.4, -0.2) is 11.9 Å². The first-order chi connectivity index (χ1) is 14.0. The Morgan fingerprint density at radius 2 is 1.48 bits per heavy atom. The molecule has 1 saturated carbocycles. The van der Waals surface area contributed by atoms with Gasteiger partial charge in [-0.3, -0.25) is 4.99 Å². The molecule has 1 fully saturated rings. The first kappa shape index (κ1) is 21.2. The fourth-order valence-electron chi connectivity index (χ4n) is 3.96. The molecule has 29 heavy (non-hydrogen) atoms. The normalized spacial score (nSPS) is 15.3. The molecule has 0 amide bonds. The van der Waals surface area contributed by atoms with Crippen molar-refractivity contribution in [2.45, 2.75) is 77.7 Å². The van der Waals surface area contributed by atoms with Crippen LogP contribution in [0.1, 0.15) is 88.3 Å². The average molecular weight is 387 g/mol. The molecule has 0 atom stereocenters. The lowest BCUT2D eigenvalue weighted by Gasteiger charge is -2.22. The topological polar surface area (TPSA) is 24.4 Å². The van der Waals surface area contributed by atoms with Crippen molar-refractivity contribution < 1.29 is 0 Å². The van der Waals surface area contributed by atoms with Crippen molar-refractivity contribution >= 4 is 11.5 Å². The third kappa shape index (κ3) is 5.97. The van der Waals surface area contributed by atoms with E-state index in [4.69, 9.17) is 4.99 Å². The van der Waals surface area contributed by atoms with Gasteiger partial charge in [0.05, 0.1) is 6.04 Å². The van der Waals surface area contributed by atoms with Gasteiger partial charge in [0, 0.05) is 11.3 Å². The van der Waals surface area contributed by atoms with E-state index in [1.165, 1.54) is 48.9 Å². The second-order valence-electron chi connectivity index (χ2n) is 8.63. The van der Waals surface area contributed by atoms with Crippen LogP contribution in [-0.2, 0) is 0 Å². The minimum absolute atomic E-state index is 0.380. The molecule has 2 nitrogen and oxygen atoms in total. The van der Waals surface area contributed by atoms with Crippen LogP contribution in [0, 0.1) is 11.8 Å². The van der Waals surface area contributed by atoms with Gasteiger partial charge in [-0.15, -0.1) is 0 Å². The van der Waals surface area contributed by atoms with E-state index in [-0.39, 0.29) is 0 Å². The Morgan fingerprint density at radius 3 is 2.07 bits per heavy atom. The Kier molecular flexibility index (Phi) is 7.53. The number of para-hydroxylation sites is 1. The molecule has 0 aliphatic heterocycles. The second-order valence-corrected chi connectivity index (χ2v) is 8.63. The van der Waals surface area contributed by atoms with E-state index in [1.54, 1.807) is 0 Å². The van der Waals surface area contributed by atoms with Crippen molar-refractivity contribution in [1.82, 2.24) is 0 Å². The van der Waals surface area contributed by atoms with E-state index in [1.807, 2.05) is 30.3 Å². The van der Waals surface area contributed by atoms with Crippen molar-refractivity contribution in [2.75, 3.05) is 5.32 Å². The molecule has 1 aliphatic rings. The molecule has 152 valence electrons. The van der Waals surface area contributed by atoms with Crippen molar-refractivity contribution in [3.63, 3.8) is 0 Å². The van der Waals surface area contributed by atoms with Gasteiger partial charge < -0.3 is 5.32 Å². The Labute approximate surface area is 176 Å². The first-order valence-corrected chi connectivity index (χ1v) is 11.1. The molecule has 2 aromatic rings. The summed E-state index contributed by atoms with van der Waals surface area (Å²) in [5, 5.41) is 3.67. The molecular weight excluding hydrogens is 352 g/mol. The minimum Gasteiger partial charge on any atom is -0.333 e. The van der Waals surface area contributed by atoms with Gasteiger partial charge in [0.15, 0.2) is 5.84 Å². The maximum atomic E-state index is 5.08. The molecule has 1 aliphatic carbocycles. The Balaban J connectivity index is 1.99. The molecule has 0 radical (unpaired) electrons. The van der Waals surface area contributed by atoms with Gasteiger partial charge in [-0.25, -0.2) is 0 Å². The highest BCUT2D eigenvalue weighted by atomic mass is 15.0. The number of nitrogens with zero attached hydrogens (tertiary/aromatic N) is 1. The van der Waals surface area contributed by atoms with E-state index in [0.717, 1.165) is 11.4 Å². The highest BCUT2D eigenvalue weighted by Crippen LogP contribution is 2.32. The number of hydrogen-bond donors (Lipinski definition) is 1. The Hall–Kier alpha value is -2.53. The summed E-state index contributed by atoms with van der Waals surface area (Å²) in [6, 6.07) is 17.2. The molecule has 0 unspecified atom stereocenters. The lowest BCUT2D eigenvalue weighted by molar-refractivity contribution is 0.444. The third-order valence-corrected chi connectivity index (χ3v) is 5.60. The zero-order valence-corrected chi connectivity index (χ0v) is 18.3. The number of anilines is 1. The second kappa shape index (κ2) is 10.3. The number of rotatable bonds is 4. The van der Waals surface area contributed by atoms with Crippen molar-refractivity contribution in [1.29, 1.82) is 0 Å². The summed E-state index contributed by atoms with van der Waals surface area (Å²) in [5.74, 6) is 8.34. The van der Waals surface area contributed by atoms with Crippen molar-refractivity contribution in [3.8, 4) is 11.8 Å². The standard InChI is InChI=1S/C27H34N2/c1-20(2)24-16-11-17-25(21(3)4)27(24)29-26(28-23-14-9-6-10-15-23)19-18-22-12-7-5-8-13-22/h5,7-8,11-13,16-17,20-21,23H,6,9-10,14-15H2,1-4H3,(H,28,29). The maximum absolute atomic E-state index is 5.08. The SMILES string of the molecule is CC(C)c1cccc(C(C)C)c1NC(C#Cc1ccccc1)=NC1CCCCC1. The predicted octanol–water partition coefficient (Wildman–Crippen LogP) is 7.13. The van der Waals surface area contributed by atoms with E-state index >= 15 is 0 Å². The lowest BCUT2D eigenvalue weighted by atomic mass is 9.92. The number of aliphatic imine (C=N–C) groups is 1. The molecule has 0 heterocycles. The highest BCUT2D eigenvalue weighted by Gasteiger charge is 2.17. The Bertz CT molecular complexity index is 849. The van der Waals surface area contributed by atoms with Crippen LogP contribution in [0.4, 0.5) is 5.69 Å². The lowest BCUT2D eigenvalue weighted by Crippen LogP contribution is -2.19. The molecule has 1 N–H and O–H groups in total. The van der Waals surface area contributed by atoms with Crippen molar-refractivity contribution in [2.24, 2.45) is 4.99 Å². The first-order valence-electron chi connectivity index (χ1n) is 11.1. The minimum atomic E-state index is 0.380. The quantitative estimate of drug-likeness (QED) is 0.337. The summed E-state index contributed by atoms with van der Waals surface area (Å²) in [6.45, 7) is 8.99. The fraction of sp³-hybridized carbons (Fsp3) is 0.444. The van der Waals surface area contributed by atoms with E-state index in [2.05, 4.69) is 63.1 Å². The van der Waals surface area contributed by atoms with Crippen LogP contribution in [0.2, 0.25) is 0 Å². The van der Waals surface area contributed by atoms with E-state index < -0.39 is 0 Å². The number of nitrogens with one attached hydrogen (secondary N) is 1. The molecule has 0 aromatic heterocycles. The molecule has 0 bridgehead atoms. The van der Waals surface area contributed by atoms with Gasteiger partial charge in [0.2, 0.25) is 0 Å². The fourth-order valence-corrected chi connectivity index (χ4v) is 3.96.